The minimum Gasteiger partial charge on any atom is -0.366 e. The molecule has 0 bridgehead atoms. The number of hydrogen-bond donors (Lipinski definition) is 2. The van der Waals surface area contributed by atoms with Gasteiger partial charge in [0.2, 0.25) is 5.91 Å². The van der Waals surface area contributed by atoms with E-state index < -0.39 is 30.1 Å². The Hall–Kier alpha value is -1.54. The summed E-state index contributed by atoms with van der Waals surface area (Å²) in [6.07, 6.45) is 9.12. The molecule has 166 valence electrons. The zero-order valence-electron chi connectivity index (χ0n) is 18.0. The Labute approximate surface area is 177 Å². The van der Waals surface area contributed by atoms with Crippen LogP contribution in [-0.2, 0) is 23.8 Å². The molecule has 3 heterocycles. The summed E-state index contributed by atoms with van der Waals surface area (Å²) in [4.78, 5) is 24.3. The van der Waals surface area contributed by atoms with Gasteiger partial charge in [0.1, 0.15) is 30.0 Å². The van der Waals surface area contributed by atoms with Crippen LogP contribution in [0.25, 0.3) is 0 Å². The number of Topliss-reactive ketones (excluding diaryl/α,β-unsaturated/α-hetero) is 1. The third-order valence-corrected chi connectivity index (χ3v) is 6.62. The number of ether oxygens (including phenoxy) is 3. The summed E-state index contributed by atoms with van der Waals surface area (Å²) in [6, 6.07) is -0.563. The highest BCUT2D eigenvalue weighted by Gasteiger charge is 2.79. The van der Waals surface area contributed by atoms with Gasteiger partial charge in [-0.1, -0.05) is 57.3 Å². The smallest absolute Gasteiger partial charge is 0.244 e. The molecular formula is C23H33NO6. The van der Waals surface area contributed by atoms with Crippen molar-refractivity contribution in [2.45, 2.75) is 102 Å². The average molecular weight is 420 g/mol. The lowest BCUT2D eigenvalue weighted by atomic mass is 9.81. The van der Waals surface area contributed by atoms with Crippen LogP contribution in [0.3, 0.4) is 0 Å². The first-order valence-corrected chi connectivity index (χ1v) is 11.2. The molecule has 4 rings (SSSR count). The van der Waals surface area contributed by atoms with Crippen LogP contribution in [0.5, 0.6) is 0 Å². The van der Waals surface area contributed by atoms with Crippen LogP contribution in [0.1, 0.15) is 59.3 Å². The molecule has 1 unspecified atom stereocenters. The van der Waals surface area contributed by atoms with Crippen LogP contribution in [0.2, 0.25) is 0 Å². The van der Waals surface area contributed by atoms with E-state index in [9.17, 15) is 14.7 Å². The molecule has 7 heteroatoms. The van der Waals surface area contributed by atoms with Crippen molar-refractivity contribution < 1.29 is 28.9 Å². The molecule has 1 aliphatic carbocycles. The third kappa shape index (κ3) is 4.26. The Kier molecular flexibility index (Phi) is 6.17. The van der Waals surface area contributed by atoms with Gasteiger partial charge >= 0.3 is 0 Å². The quantitative estimate of drug-likeness (QED) is 0.257. The fourth-order valence-electron chi connectivity index (χ4n) is 4.93. The Balaban J connectivity index is 1.26. The number of aliphatic hydroxyl groups is 1. The normalized spacial score (nSPS) is 40.4. The van der Waals surface area contributed by atoms with E-state index in [0.717, 1.165) is 12.0 Å². The number of epoxide rings is 2. The lowest BCUT2D eigenvalue weighted by Gasteiger charge is -2.26. The summed E-state index contributed by atoms with van der Waals surface area (Å²) < 4.78 is 16.8. The molecular weight excluding hydrogens is 386 g/mol. The molecule has 0 aromatic heterocycles. The zero-order valence-corrected chi connectivity index (χ0v) is 18.0. The molecule has 4 fully saturated rings. The Bertz CT molecular complexity index is 726. The van der Waals surface area contributed by atoms with Crippen molar-refractivity contribution in [2.75, 3.05) is 0 Å². The van der Waals surface area contributed by atoms with Gasteiger partial charge in [0, 0.05) is 12.5 Å². The minimum absolute atomic E-state index is 0.0361. The van der Waals surface area contributed by atoms with Crippen LogP contribution < -0.4 is 5.32 Å². The first-order valence-electron chi connectivity index (χ1n) is 11.2. The maximum atomic E-state index is 12.4. The second-order valence-corrected chi connectivity index (χ2v) is 9.21. The van der Waals surface area contributed by atoms with Gasteiger partial charge in [0.05, 0.1) is 6.04 Å². The highest BCUT2D eigenvalue weighted by Crippen LogP contribution is 2.57. The number of carbonyl (C=O) groups is 2. The van der Waals surface area contributed by atoms with E-state index in [2.05, 4.69) is 25.2 Å². The molecule has 3 aliphatic heterocycles. The molecule has 1 amide bonds. The number of ketones is 1. The van der Waals surface area contributed by atoms with Gasteiger partial charge < -0.3 is 24.6 Å². The van der Waals surface area contributed by atoms with Crippen molar-refractivity contribution in [1.82, 2.24) is 5.32 Å². The maximum absolute atomic E-state index is 12.4. The number of hydrogen-bond acceptors (Lipinski definition) is 6. The first-order chi connectivity index (χ1) is 14.4. The van der Waals surface area contributed by atoms with Crippen molar-refractivity contribution in [1.29, 1.82) is 0 Å². The highest BCUT2D eigenvalue weighted by molar-refractivity contribution is 5.94. The van der Waals surface area contributed by atoms with Gasteiger partial charge in [0.15, 0.2) is 12.1 Å². The largest absolute Gasteiger partial charge is 0.366 e. The Morgan fingerprint density at radius 2 is 1.93 bits per heavy atom. The molecule has 30 heavy (non-hydrogen) atoms. The van der Waals surface area contributed by atoms with Crippen LogP contribution in [0, 0.1) is 5.92 Å². The van der Waals surface area contributed by atoms with Crippen molar-refractivity contribution in [3.05, 3.63) is 23.8 Å². The molecule has 1 saturated carbocycles. The minimum atomic E-state index is -1.15. The van der Waals surface area contributed by atoms with Crippen LogP contribution in [-0.4, -0.2) is 59.1 Å². The number of carbonyl (C=O) groups excluding carboxylic acids is 2. The van der Waals surface area contributed by atoms with Crippen LogP contribution in [0.4, 0.5) is 0 Å². The SMILES string of the molecule is CCCCCC[C@@H](C)/C=C(C)/C=C/C(=O)N[C@H]1CC2(O[C@H]1O)[C@@H]1O[C@@H]1C(=O)[C@@H]1O[C@@H]12. The molecule has 4 aliphatic rings. The van der Waals surface area contributed by atoms with Crippen LogP contribution in [0.15, 0.2) is 23.8 Å². The standard InChI is InChI=1S/C23H33NO6/c1-4-5-6-7-8-13(2)11-14(3)9-10-16(25)24-15-12-23(30-22(15)27)20-18(28-20)17(26)19-21(23)29-19/h9-11,13,15,18-22,27H,4-8,12H2,1-3H3,(H,24,25)/b10-9+,14-11+/t13-,15+,18-,19+,20-,21+,22-,23?/m1/s1. The lowest BCUT2D eigenvalue weighted by molar-refractivity contribution is -0.159. The van der Waals surface area contributed by atoms with E-state index in [0.29, 0.717) is 12.3 Å². The van der Waals surface area contributed by atoms with Gasteiger partial charge in [-0.25, -0.2) is 0 Å². The lowest BCUT2D eigenvalue weighted by Crippen LogP contribution is -2.49. The van der Waals surface area contributed by atoms with E-state index >= 15 is 0 Å². The zero-order chi connectivity index (χ0) is 21.5. The van der Waals surface area contributed by atoms with E-state index in [1.165, 1.54) is 31.8 Å². The summed E-state index contributed by atoms with van der Waals surface area (Å²) in [5.41, 5.74) is 0.204. The number of nitrogens with one attached hydrogen (secondary N) is 1. The predicted octanol–water partition coefficient (Wildman–Crippen LogP) is 2.18. The van der Waals surface area contributed by atoms with Crippen molar-refractivity contribution >= 4 is 11.7 Å². The molecule has 3 saturated heterocycles. The van der Waals surface area contributed by atoms with Gasteiger partial charge in [0.25, 0.3) is 0 Å². The first kappa shape index (κ1) is 21.7. The summed E-state index contributed by atoms with van der Waals surface area (Å²) in [6.45, 7) is 6.40. The van der Waals surface area contributed by atoms with E-state index in [1.807, 2.05) is 6.92 Å². The van der Waals surface area contributed by atoms with E-state index in [-0.39, 0.29) is 23.9 Å². The van der Waals surface area contributed by atoms with Gasteiger partial charge in [-0.15, -0.1) is 0 Å². The molecule has 2 N–H and O–H groups in total. The van der Waals surface area contributed by atoms with Gasteiger partial charge in [-0.05, 0) is 19.3 Å². The van der Waals surface area contributed by atoms with Crippen molar-refractivity contribution in [3.63, 3.8) is 0 Å². The second kappa shape index (κ2) is 8.54. The average Bonchev–Trinajstić information content (AvgIpc) is 3.60. The summed E-state index contributed by atoms with van der Waals surface area (Å²) in [5.74, 6) is 0.161. The number of rotatable bonds is 9. The van der Waals surface area contributed by atoms with E-state index in [1.54, 1.807) is 6.08 Å². The summed E-state index contributed by atoms with van der Waals surface area (Å²) in [7, 11) is 0. The summed E-state index contributed by atoms with van der Waals surface area (Å²) in [5, 5.41) is 13.2. The Morgan fingerprint density at radius 1 is 1.23 bits per heavy atom. The highest BCUT2D eigenvalue weighted by atomic mass is 16.7. The molecule has 0 aromatic carbocycles. The number of allylic oxidation sites excluding steroid dienone is 3. The number of fused-ring (bicyclic) bond motifs is 4. The third-order valence-electron chi connectivity index (χ3n) is 6.62. The molecule has 0 aromatic rings. The second-order valence-electron chi connectivity index (χ2n) is 9.21. The van der Waals surface area contributed by atoms with Crippen molar-refractivity contribution in [2.24, 2.45) is 5.92 Å². The number of aliphatic hydroxyl groups excluding tert-OH is 1. The summed E-state index contributed by atoms with van der Waals surface area (Å²) >= 11 is 0. The van der Waals surface area contributed by atoms with Crippen LogP contribution >= 0.6 is 0 Å². The fraction of sp³-hybridized carbons (Fsp3) is 0.739. The van der Waals surface area contributed by atoms with Crippen molar-refractivity contribution in [3.8, 4) is 0 Å². The number of amides is 1. The molecule has 8 atom stereocenters. The number of unbranched alkanes of at least 4 members (excludes halogenated alkanes) is 3. The van der Waals surface area contributed by atoms with E-state index in [4.69, 9.17) is 14.2 Å². The van der Waals surface area contributed by atoms with Gasteiger partial charge in [-0.2, -0.15) is 0 Å². The molecule has 1 spiro atoms. The molecule has 0 radical (unpaired) electrons. The molecule has 7 nitrogen and oxygen atoms in total. The topological polar surface area (TPSA) is 101 Å². The van der Waals surface area contributed by atoms with Gasteiger partial charge in [-0.3, -0.25) is 9.59 Å². The maximum Gasteiger partial charge on any atom is 0.244 e. The monoisotopic (exact) mass is 419 g/mol. The predicted molar refractivity (Wildman–Crippen MR) is 110 cm³/mol. The Morgan fingerprint density at radius 3 is 2.60 bits per heavy atom. The fourth-order valence-corrected chi connectivity index (χ4v) is 4.93.